The molecule has 1 aliphatic carbocycles. The molecule has 0 radical (unpaired) electrons. The number of nitrogens with zero attached hydrogens (tertiary/aromatic N) is 3. The Morgan fingerprint density at radius 3 is 2.32 bits per heavy atom. The van der Waals surface area contributed by atoms with Crippen LogP contribution in [0.5, 0.6) is 0 Å². The largest absolute Gasteiger partial charge is 0.393 e. The fourth-order valence-corrected chi connectivity index (χ4v) is 1.84. The summed E-state index contributed by atoms with van der Waals surface area (Å²) < 4.78 is 0. The van der Waals surface area contributed by atoms with Gasteiger partial charge < -0.3 is 5.11 Å². The second kappa shape index (κ2) is 14.5. The molecular formula is C18H17N3O. The summed E-state index contributed by atoms with van der Waals surface area (Å²) in [5, 5.41) is 12.7. The van der Waals surface area contributed by atoms with Gasteiger partial charge in [-0.15, -0.1) is 6.42 Å². The third-order valence-corrected chi connectivity index (χ3v) is 2.73. The molecule has 0 aromatic heterocycles. The maximum Gasteiger partial charge on any atom is 0.0542 e. The van der Waals surface area contributed by atoms with Crippen molar-refractivity contribution in [1.29, 1.82) is 0 Å². The van der Waals surface area contributed by atoms with Crippen LogP contribution in [-0.2, 0) is 0 Å². The quantitative estimate of drug-likeness (QED) is 0.361. The van der Waals surface area contributed by atoms with E-state index in [2.05, 4.69) is 63.3 Å². The van der Waals surface area contributed by atoms with Gasteiger partial charge in [0.1, 0.15) is 0 Å². The third-order valence-electron chi connectivity index (χ3n) is 2.73. The van der Waals surface area contributed by atoms with E-state index >= 15 is 0 Å². The van der Waals surface area contributed by atoms with Gasteiger partial charge >= 0.3 is 0 Å². The number of aliphatic hydroxyl groups excluding tert-OH is 1. The Balaban J connectivity index is 0.000000401. The number of hydrogen-bond donors (Lipinski definition) is 1. The fourth-order valence-electron chi connectivity index (χ4n) is 1.84. The zero-order chi connectivity index (χ0) is 16.5. The Labute approximate surface area is 132 Å². The SMILES string of the molecule is C#CC#CC#CC#CC#CC.[N-]=[N+]=NCC1CCCC(O)C1. The van der Waals surface area contributed by atoms with Crippen LogP contribution in [0.1, 0.15) is 32.6 Å². The first-order chi connectivity index (χ1) is 10.7. The minimum Gasteiger partial charge on any atom is -0.393 e. The molecule has 1 N–H and O–H groups in total. The summed E-state index contributed by atoms with van der Waals surface area (Å²) >= 11 is 0. The van der Waals surface area contributed by atoms with Crippen LogP contribution in [0.15, 0.2) is 5.11 Å². The number of azide groups is 1. The molecular weight excluding hydrogens is 274 g/mol. The monoisotopic (exact) mass is 291 g/mol. The summed E-state index contributed by atoms with van der Waals surface area (Å²) in [5.74, 6) is 22.4. The molecule has 0 bridgehead atoms. The van der Waals surface area contributed by atoms with Crippen LogP contribution in [-0.4, -0.2) is 17.8 Å². The fraction of sp³-hybridized carbons (Fsp3) is 0.444. The van der Waals surface area contributed by atoms with Gasteiger partial charge in [-0.3, -0.25) is 0 Å². The average Bonchev–Trinajstić information content (AvgIpc) is 2.53. The molecule has 4 nitrogen and oxygen atoms in total. The maximum absolute atomic E-state index is 9.24. The van der Waals surface area contributed by atoms with Crippen molar-refractivity contribution in [2.45, 2.75) is 38.7 Å². The van der Waals surface area contributed by atoms with Gasteiger partial charge in [0.2, 0.25) is 0 Å². The Kier molecular flexibility index (Phi) is 12.6. The highest BCUT2D eigenvalue weighted by Gasteiger charge is 2.18. The van der Waals surface area contributed by atoms with Crippen LogP contribution in [0, 0.1) is 65.6 Å². The van der Waals surface area contributed by atoms with Gasteiger partial charge in [-0.1, -0.05) is 23.9 Å². The molecule has 0 heterocycles. The summed E-state index contributed by atoms with van der Waals surface area (Å²) in [6.45, 7) is 2.26. The lowest BCUT2D eigenvalue weighted by molar-refractivity contribution is 0.103. The molecule has 2 atom stereocenters. The van der Waals surface area contributed by atoms with Crippen molar-refractivity contribution in [3.05, 3.63) is 10.4 Å². The summed E-state index contributed by atoms with van der Waals surface area (Å²) in [5.41, 5.74) is 8.06. The molecule has 0 saturated heterocycles. The van der Waals surface area contributed by atoms with Gasteiger partial charge in [-0.25, -0.2) is 0 Å². The highest BCUT2D eigenvalue weighted by Crippen LogP contribution is 2.24. The van der Waals surface area contributed by atoms with Gasteiger partial charge in [0, 0.05) is 11.5 Å². The van der Waals surface area contributed by atoms with E-state index in [4.69, 9.17) is 12.0 Å². The van der Waals surface area contributed by atoms with Crippen LogP contribution in [0.4, 0.5) is 0 Å². The van der Waals surface area contributed by atoms with Gasteiger partial charge in [-0.05, 0) is 78.6 Å². The maximum atomic E-state index is 9.24. The highest BCUT2D eigenvalue weighted by molar-refractivity contribution is 5.41. The molecule has 0 aromatic rings. The summed E-state index contributed by atoms with van der Waals surface area (Å²) in [4.78, 5) is 2.70. The van der Waals surface area contributed by atoms with Crippen molar-refractivity contribution in [1.82, 2.24) is 0 Å². The third kappa shape index (κ3) is 12.1. The lowest BCUT2D eigenvalue weighted by atomic mass is 9.87. The van der Waals surface area contributed by atoms with Crippen molar-refractivity contribution in [2.24, 2.45) is 11.0 Å². The van der Waals surface area contributed by atoms with E-state index in [0.29, 0.717) is 12.5 Å². The van der Waals surface area contributed by atoms with Crippen molar-refractivity contribution in [2.75, 3.05) is 6.54 Å². The first kappa shape index (κ1) is 19.1. The van der Waals surface area contributed by atoms with E-state index in [1.807, 2.05) is 0 Å². The molecule has 22 heavy (non-hydrogen) atoms. The summed E-state index contributed by atoms with van der Waals surface area (Å²) in [6.07, 6.45) is 8.55. The van der Waals surface area contributed by atoms with Crippen LogP contribution < -0.4 is 0 Å². The number of rotatable bonds is 2. The summed E-state index contributed by atoms with van der Waals surface area (Å²) in [7, 11) is 0. The van der Waals surface area contributed by atoms with Crippen molar-refractivity contribution < 1.29 is 5.11 Å². The predicted octanol–water partition coefficient (Wildman–Crippen LogP) is 2.50. The number of aliphatic hydroxyl groups is 1. The molecule has 4 heteroatoms. The smallest absolute Gasteiger partial charge is 0.0542 e. The van der Waals surface area contributed by atoms with E-state index in [1.54, 1.807) is 6.92 Å². The van der Waals surface area contributed by atoms with Gasteiger partial charge in [-0.2, -0.15) is 0 Å². The van der Waals surface area contributed by atoms with Crippen molar-refractivity contribution in [3.8, 4) is 59.7 Å². The Bertz CT molecular complexity index is 665. The first-order valence-electron chi connectivity index (χ1n) is 6.80. The molecule has 1 aliphatic rings. The molecule has 0 aromatic carbocycles. The molecule has 0 amide bonds. The molecule has 1 fully saturated rings. The van der Waals surface area contributed by atoms with Gasteiger partial charge in [0.25, 0.3) is 0 Å². The zero-order valence-corrected chi connectivity index (χ0v) is 12.6. The van der Waals surface area contributed by atoms with Gasteiger partial charge in [0.15, 0.2) is 0 Å². The first-order valence-corrected chi connectivity index (χ1v) is 6.80. The predicted molar refractivity (Wildman–Crippen MR) is 87.6 cm³/mol. The Morgan fingerprint density at radius 2 is 1.77 bits per heavy atom. The van der Waals surface area contributed by atoms with E-state index in [0.717, 1.165) is 25.7 Å². The lowest BCUT2D eigenvalue weighted by Crippen LogP contribution is -2.21. The van der Waals surface area contributed by atoms with Crippen LogP contribution in [0.25, 0.3) is 10.4 Å². The number of hydrogen-bond acceptors (Lipinski definition) is 2. The lowest BCUT2D eigenvalue weighted by Gasteiger charge is -2.23. The van der Waals surface area contributed by atoms with E-state index in [1.165, 1.54) is 0 Å². The van der Waals surface area contributed by atoms with Crippen LogP contribution >= 0.6 is 0 Å². The normalized spacial score (nSPS) is 17.3. The molecule has 1 saturated carbocycles. The van der Waals surface area contributed by atoms with E-state index in [-0.39, 0.29) is 6.10 Å². The average molecular weight is 291 g/mol. The Morgan fingerprint density at radius 1 is 1.14 bits per heavy atom. The second-order valence-electron chi connectivity index (χ2n) is 4.37. The number of terminal acetylenes is 1. The van der Waals surface area contributed by atoms with Gasteiger partial charge in [0.05, 0.1) is 6.10 Å². The van der Waals surface area contributed by atoms with Crippen LogP contribution in [0.2, 0.25) is 0 Å². The van der Waals surface area contributed by atoms with E-state index in [9.17, 15) is 5.11 Å². The highest BCUT2D eigenvalue weighted by atomic mass is 16.3. The standard InChI is InChI=1S/C11H4.C7H13N3O/c1-3-5-7-9-11-10-8-6-4-2;8-10-9-5-6-2-1-3-7(11)4-6/h1H,2H3;6-7,11H,1-5H2. The minimum absolute atomic E-state index is 0.164. The molecule has 0 aliphatic heterocycles. The molecule has 0 spiro atoms. The topological polar surface area (TPSA) is 69.0 Å². The van der Waals surface area contributed by atoms with Crippen LogP contribution in [0.3, 0.4) is 0 Å². The zero-order valence-electron chi connectivity index (χ0n) is 12.6. The van der Waals surface area contributed by atoms with Crippen molar-refractivity contribution >= 4 is 0 Å². The molecule has 1 rings (SSSR count). The summed E-state index contributed by atoms with van der Waals surface area (Å²) in [6, 6.07) is 0. The molecule has 2 unspecified atom stereocenters. The Hall–Kier alpha value is -2.93. The minimum atomic E-state index is -0.164. The second-order valence-corrected chi connectivity index (χ2v) is 4.37. The molecule has 110 valence electrons. The van der Waals surface area contributed by atoms with Crippen molar-refractivity contribution in [3.63, 3.8) is 0 Å². The van der Waals surface area contributed by atoms with E-state index < -0.39 is 0 Å².